The first-order chi connectivity index (χ1) is 15.0. The number of piperidine rings is 1. The molecule has 0 N–H and O–H groups in total. The summed E-state index contributed by atoms with van der Waals surface area (Å²) in [6, 6.07) is 15.3. The Kier molecular flexibility index (Phi) is 6.62. The van der Waals surface area contributed by atoms with Crippen molar-refractivity contribution in [2.24, 2.45) is 0 Å². The van der Waals surface area contributed by atoms with Crippen molar-refractivity contribution in [3.63, 3.8) is 0 Å². The summed E-state index contributed by atoms with van der Waals surface area (Å²) in [6.07, 6.45) is 2.04. The Morgan fingerprint density at radius 3 is 2.39 bits per heavy atom. The highest BCUT2D eigenvalue weighted by Gasteiger charge is 2.32. The number of aryl methyl sites for hydroxylation is 1. The Bertz CT molecular complexity index is 1100. The van der Waals surface area contributed by atoms with Gasteiger partial charge in [0.1, 0.15) is 5.75 Å². The van der Waals surface area contributed by atoms with Crippen LogP contribution in [0.5, 0.6) is 5.75 Å². The van der Waals surface area contributed by atoms with E-state index in [9.17, 15) is 8.42 Å². The van der Waals surface area contributed by atoms with Crippen molar-refractivity contribution in [1.29, 1.82) is 0 Å². The van der Waals surface area contributed by atoms with Crippen LogP contribution in [0.25, 0.3) is 0 Å². The topological polar surface area (TPSA) is 59.5 Å². The average molecular weight is 457 g/mol. The summed E-state index contributed by atoms with van der Waals surface area (Å²) in [5.74, 6) is 0.883. The highest BCUT2D eigenvalue weighted by Crippen LogP contribution is 2.30. The van der Waals surface area contributed by atoms with Gasteiger partial charge in [-0.05, 0) is 56.5 Å². The van der Waals surface area contributed by atoms with E-state index in [2.05, 4.69) is 22.4 Å². The molecule has 0 unspecified atom stereocenters. The summed E-state index contributed by atoms with van der Waals surface area (Å²) >= 11 is 1.63. The van der Waals surface area contributed by atoms with Crippen LogP contribution in [0.1, 0.15) is 36.6 Å². The Morgan fingerprint density at radius 2 is 1.74 bits per heavy atom. The zero-order chi connectivity index (χ0) is 21.8. The molecule has 164 valence electrons. The summed E-state index contributed by atoms with van der Waals surface area (Å²) in [4.78, 5) is 7.46. The van der Waals surface area contributed by atoms with Gasteiger partial charge in [-0.25, -0.2) is 13.4 Å². The maximum absolute atomic E-state index is 13.0. The number of thiazole rings is 1. The zero-order valence-electron chi connectivity index (χ0n) is 18.0. The maximum atomic E-state index is 13.0. The number of anilines is 1. The van der Waals surface area contributed by atoms with Crippen molar-refractivity contribution in [3.05, 3.63) is 70.7 Å². The lowest BCUT2D eigenvalue weighted by molar-refractivity contribution is 0.340. The minimum atomic E-state index is -3.28. The number of hydrogen-bond donors (Lipinski definition) is 0. The lowest BCUT2D eigenvalue weighted by atomic mass is 10.1. The Hall–Kier alpha value is -2.38. The Labute approximate surface area is 188 Å². The molecule has 1 aliphatic rings. The van der Waals surface area contributed by atoms with Crippen molar-refractivity contribution < 1.29 is 13.2 Å². The van der Waals surface area contributed by atoms with Crippen LogP contribution in [0.4, 0.5) is 5.13 Å². The van der Waals surface area contributed by atoms with Gasteiger partial charge in [-0.1, -0.05) is 29.8 Å². The number of sulfone groups is 1. The predicted octanol–water partition coefficient (Wildman–Crippen LogP) is 4.88. The molecule has 3 aromatic rings. The predicted molar refractivity (Wildman–Crippen MR) is 126 cm³/mol. The fraction of sp³-hybridized carbons (Fsp3) is 0.375. The number of benzene rings is 2. The molecular weight excluding hydrogens is 428 g/mol. The number of hydrogen-bond acceptors (Lipinski definition) is 6. The van der Waals surface area contributed by atoms with Crippen molar-refractivity contribution in [2.45, 2.75) is 43.3 Å². The molecule has 4 rings (SSSR count). The van der Waals surface area contributed by atoms with Gasteiger partial charge in [0.05, 0.1) is 22.4 Å². The van der Waals surface area contributed by atoms with Crippen LogP contribution < -0.4 is 9.64 Å². The molecule has 5 nitrogen and oxygen atoms in total. The van der Waals surface area contributed by atoms with Gasteiger partial charge in [-0.3, -0.25) is 0 Å². The molecule has 0 bridgehead atoms. The Balaban J connectivity index is 1.36. The third kappa shape index (κ3) is 5.10. The molecule has 0 amide bonds. The molecule has 2 aromatic carbocycles. The molecule has 0 saturated carbocycles. The monoisotopic (exact) mass is 456 g/mol. The van der Waals surface area contributed by atoms with Gasteiger partial charge in [0.15, 0.2) is 15.0 Å². The number of aromatic nitrogens is 1. The molecule has 1 aromatic heterocycles. The van der Waals surface area contributed by atoms with E-state index in [0.717, 1.165) is 28.6 Å². The van der Waals surface area contributed by atoms with Gasteiger partial charge in [0.25, 0.3) is 0 Å². The molecule has 7 heteroatoms. The summed E-state index contributed by atoms with van der Waals surface area (Å²) in [6.45, 7) is 6.04. The van der Waals surface area contributed by atoms with E-state index in [1.54, 1.807) is 23.5 Å². The average Bonchev–Trinajstić information content (AvgIpc) is 3.24. The molecule has 1 fully saturated rings. The van der Waals surface area contributed by atoms with Gasteiger partial charge in [-0.15, -0.1) is 11.3 Å². The largest absolute Gasteiger partial charge is 0.494 e. The normalized spacial score (nSPS) is 15.2. The van der Waals surface area contributed by atoms with Crippen LogP contribution in [0.3, 0.4) is 0 Å². The fourth-order valence-corrected chi connectivity index (χ4v) is 6.49. The van der Waals surface area contributed by atoms with E-state index >= 15 is 0 Å². The quantitative estimate of drug-likeness (QED) is 0.507. The van der Waals surface area contributed by atoms with E-state index < -0.39 is 9.84 Å². The van der Waals surface area contributed by atoms with Gasteiger partial charge in [0.2, 0.25) is 0 Å². The van der Waals surface area contributed by atoms with Crippen LogP contribution in [0.15, 0.2) is 58.8 Å². The van der Waals surface area contributed by atoms with E-state index in [1.807, 2.05) is 38.1 Å². The second-order valence-corrected chi connectivity index (χ2v) is 11.0. The summed E-state index contributed by atoms with van der Waals surface area (Å²) in [5.41, 5.74) is 3.31. The first kappa shape index (κ1) is 21.8. The smallest absolute Gasteiger partial charge is 0.185 e. The van der Waals surface area contributed by atoms with Crippen molar-refractivity contribution >= 4 is 26.3 Å². The number of ether oxygens (including phenoxy) is 1. The fourth-order valence-electron chi connectivity index (χ4n) is 3.88. The first-order valence-corrected chi connectivity index (χ1v) is 13.1. The van der Waals surface area contributed by atoms with Crippen LogP contribution in [-0.4, -0.2) is 38.3 Å². The maximum Gasteiger partial charge on any atom is 0.185 e. The first-order valence-electron chi connectivity index (χ1n) is 10.7. The van der Waals surface area contributed by atoms with E-state index in [1.165, 1.54) is 5.56 Å². The van der Waals surface area contributed by atoms with Crippen molar-refractivity contribution in [3.8, 4) is 5.75 Å². The molecule has 0 spiro atoms. The third-order valence-corrected chi connectivity index (χ3v) is 8.89. The summed E-state index contributed by atoms with van der Waals surface area (Å²) < 4.78 is 31.4. The lowest BCUT2D eigenvalue weighted by Gasteiger charge is -2.31. The molecule has 0 atom stereocenters. The van der Waals surface area contributed by atoms with Crippen LogP contribution in [0.2, 0.25) is 0 Å². The number of rotatable bonds is 7. The highest BCUT2D eigenvalue weighted by molar-refractivity contribution is 7.92. The van der Waals surface area contributed by atoms with Crippen LogP contribution in [0, 0.1) is 6.92 Å². The van der Waals surface area contributed by atoms with Gasteiger partial charge in [0, 0.05) is 24.9 Å². The van der Waals surface area contributed by atoms with Crippen molar-refractivity contribution in [2.75, 3.05) is 24.6 Å². The molecule has 0 aliphatic carbocycles. The van der Waals surface area contributed by atoms with E-state index in [4.69, 9.17) is 9.72 Å². The van der Waals surface area contributed by atoms with Gasteiger partial charge >= 0.3 is 0 Å². The number of nitrogens with zero attached hydrogens (tertiary/aromatic N) is 2. The second-order valence-electron chi connectivity index (χ2n) is 7.92. The summed E-state index contributed by atoms with van der Waals surface area (Å²) in [5, 5.41) is 2.75. The van der Waals surface area contributed by atoms with E-state index in [0.29, 0.717) is 37.4 Å². The SMILES string of the molecule is CCOc1ccc(Cc2csc(N3CCC(S(=O)(=O)c4ccc(C)cc4)CC3)n2)cc1. The second kappa shape index (κ2) is 9.40. The van der Waals surface area contributed by atoms with Gasteiger partial charge < -0.3 is 9.64 Å². The lowest BCUT2D eigenvalue weighted by Crippen LogP contribution is -2.39. The third-order valence-electron chi connectivity index (χ3n) is 5.66. The highest BCUT2D eigenvalue weighted by atomic mass is 32.2. The zero-order valence-corrected chi connectivity index (χ0v) is 19.6. The molecule has 1 saturated heterocycles. The van der Waals surface area contributed by atoms with Gasteiger partial charge in [-0.2, -0.15) is 0 Å². The molecule has 1 aliphatic heterocycles. The molecule has 2 heterocycles. The minimum Gasteiger partial charge on any atom is -0.494 e. The minimum absolute atomic E-state index is 0.324. The van der Waals surface area contributed by atoms with E-state index in [-0.39, 0.29) is 5.25 Å². The molecular formula is C24H28N2O3S2. The molecule has 0 radical (unpaired) electrons. The Morgan fingerprint density at radius 1 is 1.06 bits per heavy atom. The van der Waals surface area contributed by atoms with Crippen molar-refractivity contribution in [1.82, 2.24) is 4.98 Å². The molecule has 31 heavy (non-hydrogen) atoms. The summed E-state index contributed by atoms with van der Waals surface area (Å²) in [7, 11) is -3.28. The van der Waals surface area contributed by atoms with Crippen LogP contribution >= 0.6 is 11.3 Å². The van der Waals surface area contributed by atoms with Crippen LogP contribution in [-0.2, 0) is 16.3 Å². The standard InChI is InChI=1S/C24H28N2O3S2/c1-3-29-21-8-6-19(7-9-21)16-20-17-30-24(25-20)26-14-12-23(13-15-26)31(27,28)22-10-4-18(2)5-11-22/h4-11,17,23H,3,12-16H2,1-2H3.